The second-order valence-electron chi connectivity index (χ2n) is 10.1. The molecule has 3 heterocycles. The molecule has 3 atom stereocenters. The first-order chi connectivity index (χ1) is 17.0. The lowest BCUT2D eigenvalue weighted by Crippen LogP contribution is -2.72. The molecule has 1 saturated heterocycles. The van der Waals surface area contributed by atoms with E-state index >= 15 is 4.39 Å². The minimum Gasteiger partial charge on any atom is -0.389 e. The van der Waals surface area contributed by atoms with Crippen molar-refractivity contribution < 1.29 is 23.8 Å². The van der Waals surface area contributed by atoms with Crippen LogP contribution in [0.2, 0.25) is 0 Å². The average molecular weight is 611 g/mol. The summed E-state index contributed by atoms with van der Waals surface area (Å²) in [5.41, 5.74) is -2.18. The standard InChI is InChI=1S/C25H28F2IN5O3/c1-14(30-19-4-3-7-24(19,2)35)25(36)12-33(13-25)23(34)16-11-32-9-8-29-22(32)20(27)21(16)31-18-6-5-15(28)10-17(18)26/h5-6,8-11,14,19,30-31,35-36H,3-4,7,12-13H2,1-2H3/t14-,19?,24?/m0/s1. The fourth-order valence-electron chi connectivity index (χ4n) is 5.10. The van der Waals surface area contributed by atoms with Gasteiger partial charge in [0.25, 0.3) is 5.91 Å². The number of amides is 1. The van der Waals surface area contributed by atoms with E-state index in [4.69, 9.17) is 0 Å². The summed E-state index contributed by atoms with van der Waals surface area (Å²) in [5, 5.41) is 27.8. The molecule has 0 spiro atoms. The Hall–Kier alpha value is -2.35. The van der Waals surface area contributed by atoms with Gasteiger partial charge >= 0.3 is 0 Å². The van der Waals surface area contributed by atoms with Crippen molar-refractivity contribution in [1.29, 1.82) is 0 Å². The van der Waals surface area contributed by atoms with Crippen LogP contribution in [0.15, 0.2) is 36.8 Å². The minimum atomic E-state index is -1.19. The van der Waals surface area contributed by atoms with Crippen molar-refractivity contribution in [2.24, 2.45) is 0 Å². The number of nitrogens with zero attached hydrogens (tertiary/aromatic N) is 3. The molecule has 192 valence electrons. The molecule has 2 fully saturated rings. The molecule has 36 heavy (non-hydrogen) atoms. The first kappa shape index (κ1) is 25.3. The fourth-order valence-corrected chi connectivity index (χ4v) is 5.56. The predicted octanol–water partition coefficient (Wildman–Crippen LogP) is 3.43. The van der Waals surface area contributed by atoms with Crippen LogP contribution in [0.4, 0.5) is 20.2 Å². The number of halogens is 3. The number of benzene rings is 1. The maximum Gasteiger partial charge on any atom is 0.257 e. The number of anilines is 2. The number of carbonyl (C=O) groups excluding carboxylic acids is 1. The van der Waals surface area contributed by atoms with Crippen molar-refractivity contribution in [3.63, 3.8) is 0 Å². The van der Waals surface area contributed by atoms with E-state index in [1.54, 1.807) is 13.0 Å². The number of rotatable bonds is 6. The summed E-state index contributed by atoms with van der Waals surface area (Å²) < 4.78 is 32.1. The van der Waals surface area contributed by atoms with Crippen molar-refractivity contribution >= 4 is 45.5 Å². The summed E-state index contributed by atoms with van der Waals surface area (Å²) >= 11 is 1.98. The van der Waals surface area contributed by atoms with E-state index in [2.05, 4.69) is 15.6 Å². The summed E-state index contributed by atoms with van der Waals surface area (Å²) in [4.78, 5) is 18.9. The normalized spacial score (nSPS) is 24.1. The molecule has 11 heteroatoms. The largest absolute Gasteiger partial charge is 0.389 e. The Morgan fingerprint density at radius 2 is 2.06 bits per heavy atom. The van der Waals surface area contributed by atoms with Gasteiger partial charge in [0, 0.05) is 34.2 Å². The zero-order valence-corrected chi connectivity index (χ0v) is 22.1. The second kappa shape index (κ2) is 9.19. The maximum absolute atomic E-state index is 15.5. The molecular formula is C25H28F2IN5O3. The van der Waals surface area contributed by atoms with E-state index in [1.165, 1.54) is 40.0 Å². The molecular weight excluding hydrogens is 583 g/mol. The Kier molecular flexibility index (Phi) is 6.46. The maximum atomic E-state index is 15.5. The third kappa shape index (κ3) is 4.46. The fraction of sp³-hybridized carbons (Fsp3) is 0.440. The van der Waals surface area contributed by atoms with Gasteiger partial charge in [0.1, 0.15) is 11.4 Å². The van der Waals surface area contributed by atoms with Crippen molar-refractivity contribution in [1.82, 2.24) is 19.6 Å². The van der Waals surface area contributed by atoms with Crippen LogP contribution < -0.4 is 10.6 Å². The summed E-state index contributed by atoms with van der Waals surface area (Å²) in [6, 6.07) is 3.95. The van der Waals surface area contributed by atoms with Gasteiger partial charge in [0.2, 0.25) is 0 Å². The molecule has 0 bridgehead atoms. The molecule has 0 radical (unpaired) electrons. The van der Waals surface area contributed by atoms with Crippen LogP contribution in [-0.2, 0) is 0 Å². The van der Waals surface area contributed by atoms with Gasteiger partial charge in [-0.25, -0.2) is 13.8 Å². The highest BCUT2D eigenvalue weighted by Gasteiger charge is 2.50. The topological polar surface area (TPSA) is 102 Å². The number of nitrogens with one attached hydrogen (secondary N) is 2. The number of pyridine rings is 1. The quantitative estimate of drug-likeness (QED) is 0.319. The Morgan fingerprint density at radius 1 is 1.31 bits per heavy atom. The van der Waals surface area contributed by atoms with E-state index in [9.17, 15) is 19.4 Å². The third-order valence-electron chi connectivity index (χ3n) is 7.44. The summed E-state index contributed by atoms with van der Waals surface area (Å²) in [6.07, 6.45) is 6.80. The van der Waals surface area contributed by atoms with Crippen LogP contribution in [0, 0.1) is 15.2 Å². The third-order valence-corrected chi connectivity index (χ3v) is 8.11. The summed E-state index contributed by atoms with van der Waals surface area (Å²) in [5.74, 6) is -1.86. The molecule has 1 aliphatic carbocycles. The highest BCUT2D eigenvalue weighted by atomic mass is 127. The Balaban J connectivity index is 1.38. The lowest BCUT2D eigenvalue weighted by atomic mass is 9.85. The summed E-state index contributed by atoms with van der Waals surface area (Å²) in [6.45, 7) is 3.70. The van der Waals surface area contributed by atoms with Crippen molar-refractivity contribution in [2.45, 2.75) is 56.4 Å². The van der Waals surface area contributed by atoms with Crippen LogP contribution in [0.1, 0.15) is 43.5 Å². The minimum absolute atomic E-state index is 0.00141. The molecule has 3 aromatic rings. The van der Waals surface area contributed by atoms with Gasteiger partial charge in [-0.3, -0.25) is 4.79 Å². The molecule has 1 amide bonds. The van der Waals surface area contributed by atoms with E-state index < -0.39 is 28.7 Å². The molecule has 5 rings (SSSR count). The first-order valence-electron chi connectivity index (χ1n) is 11.9. The van der Waals surface area contributed by atoms with Crippen molar-refractivity contribution in [3.05, 3.63) is 57.6 Å². The summed E-state index contributed by atoms with van der Waals surface area (Å²) in [7, 11) is 0. The van der Waals surface area contributed by atoms with Crippen LogP contribution in [0.3, 0.4) is 0 Å². The SMILES string of the molecule is C[C@H](NC1CCCC1(C)O)C1(O)CN(C(=O)c2cn3ccnc3c(F)c2Nc2ccc(I)cc2F)C1. The molecule has 2 aliphatic rings. The van der Waals surface area contributed by atoms with Crippen LogP contribution in [-0.4, -0.2) is 66.8 Å². The monoisotopic (exact) mass is 611 g/mol. The average Bonchev–Trinajstić information content (AvgIpc) is 3.40. The number of carbonyl (C=O) groups is 1. The van der Waals surface area contributed by atoms with Gasteiger partial charge in [-0.2, -0.15) is 0 Å². The zero-order chi connectivity index (χ0) is 25.8. The van der Waals surface area contributed by atoms with Gasteiger partial charge < -0.3 is 30.1 Å². The number of hydrogen-bond acceptors (Lipinski definition) is 6. The number of fused-ring (bicyclic) bond motifs is 1. The Bertz CT molecular complexity index is 1320. The smallest absolute Gasteiger partial charge is 0.257 e. The van der Waals surface area contributed by atoms with Crippen molar-refractivity contribution in [3.8, 4) is 0 Å². The van der Waals surface area contributed by atoms with Crippen LogP contribution in [0.5, 0.6) is 0 Å². The van der Waals surface area contributed by atoms with Gasteiger partial charge in [0.15, 0.2) is 11.5 Å². The van der Waals surface area contributed by atoms with Gasteiger partial charge in [-0.05, 0) is 73.9 Å². The first-order valence-corrected chi connectivity index (χ1v) is 12.9. The zero-order valence-electron chi connectivity index (χ0n) is 19.9. The number of aliphatic hydroxyl groups is 2. The molecule has 2 unspecified atom stereocenters. The van der Waals surface area contributed by atoms with Crippen LogP contribution in [0.25, 0.3) is 5.65 Å². The number of likely N-dealkylation sites (tertiary alicyclic amines) is 1. The van der Waals surface area contributed by atoms with Crippen molar-refractivity contribution in [2.75, 3.05) is 18.4 Å². The Morgan fingerprint density at radius 3 is 2.72 bits per heavy atom. The Labute approximate surface area is 220 Å². The van der Waals surface area contributed by atoms with Crippen LogP contribution >= 0.6 is 22.6 Å². The van der Waals surface area contributed by atoms with E-state index in [0.717, 1.165) is 12.8 Å². The number of hydrogen-bond donors (Lipinski definition) is 4. The van der Waals surface area contributed by atoms with Gasteiger partial charge in [-0.1, -0.05) is 0 Å². The lowest BCUT2D eigenvalue weighted by Gasteiger charge is -2.51. The van der Waals surface area contributed by atoms with E-state index in [1.807, 2.05) is 29.5 Å². The number of imidazole rings is 1. The molecule has 1 aliphatic heterocycles. The molecule has 2 aromatic heterocycles. The highest BCUT2D eigenvalue weighted by molar-refractivity contribution is 14.1. The molecule has 8 nitrogen and oxygen atoms in total. The molecule has 1 saturated carbocycles. The lowest BCUT2D eigenvalue weighted by molar-refractivity contribution is -0.106. The predicted molar refractivity (Wildman–Crippen MR) is 139 cm³/mol. The molecule has 4 N–H and O–H groups in total. The van der Waals surface area contributed by atoms with E-state index in [0.29, 0.717) is 9.99 Å². The number of aromatic nitrogens is 2. The van der Waals surface area contributed by atoms with Gasteiger partial charge in [0.05, 0.1) is 35.6 Å². The number of β-amino-alcohol motifs (C(OH)–C–C–N with tert-alkyl or cyclic N) is 1. The van der Waals surface area contributed by atoms with E-state index in [-0.39, 0.29) is 47.8 Å². The second-order valence-corrected chi connectivity index (χ2v) is 11.3. The molecule has 1 aromatic carbocycles. The van der Waals surface area contributed by atoms with Gasteiger partial charge in [-0.15, -0.1) is 0 Å². The highest BCUT2D eigenvalue weighted by Crippen LogP contribution is 2.35.